The quantitative estimate of drug-likeness (QED) is 0.493. The SMILES string of the molecule is Cc1ccc(C2=C(C3=CC=C(C(F)(F)F)CC3)CCCc3cc(C=O)ccc32)cc1. The highest BCUT2D eigenvalue weighted by Crippen LogP contribution is 2.42. The number of rotatable bonds is 3. The summed E-state index contributed by atoms with van der Waals surface area (Å²) in [4.78, 5) is 11.3. The van der Waals surface area contributed by atoms with E-state index in [-0.39, 0.29) is 6.42 Å². The van der Waals surface area contributed by atoms with Gasteiger partial charge in [0.25, 0.3) is 0 Å². The monoisotopic (exact) mass is 408 g/mol. The normalized spacial score (nSPS) is 17.1. The number of allylic oxidation sites excluding steroid dienone is 5. The molecule has 0 atom stereocenters. The third-order valence-electron chi connectivity index (χ3n) is 5.95. The van der Waals surface area contributed by atoms with Crippen LogP contribution in [0.15, 0.2) is 71.3 Å². The van der Waals surface area contributed by atoms with Crippen molar-refractivity contribution in [3.63, 3.8) is 0 Å². The maximum Gasteiger partial charge on any atom is 0.412 e. The third-order valence-corrected chi connectivity index (χ3v) is 5.95. The van der Waals surface area contributed by atoms with Crippen LogP contribution in [0.4, 0.5) is 13.2 Å². The lowest BCUT2D eigenvalue weighted by atomic mass is 9.84. The summed E-state index contributed by atoms with van der Waals surface area (Å²) in [7, 11) is 0. The molecule has 30 heavy (non-hydrogen) atoms. The van der Waals surface area contributed by atoms with Gasteiger partial charge in [0.15, 0.2) is 0 Å². The molecule has 0 amide bonds. The van der Waals surface area contributed by atoms with Crippen molar-refractivity contribution in [2.75, 3.05) is 0 Å². The molecule has 0 N–H and O–H groups in total. The molecule has 2 aliphatic rings. The summed E-state index contributed by atoms with van der Waals surface area (Å²) in [5.41, 5.74) is 7.76. The number of fused-ring (bicyclic) bond motifs is 1. The number of hydrogen-bond donors (Lipinski definition) is 0. The molecule has 0 saturated heterocycles. The maximum atomic E-state index is 13.1. The number of halogens is 3. The number of hydrogen-bond acceptors (Lipinski definition) is 1. The molecule has 2 aliphatic carbocycles. The van der Waals surface area contributed by atoms with E-state index in [2.05, 4.69) is 24.3 Å². The van der Waals surface area contributed by atoms with Crippen LogP contribution in [0, 0.1) is 6.92 Å². The van der Waals surface area contributed by atoms with Gasteiger partial charge in [0.1, 0.15) is 6.29 Å². The lowest BCUT2D eigenvalue weighted by molar-refractivity contribution is -0.0941. The molecule has 2 aromatic rings. The predicted octanol–water partition coefficient (Wildman–Crippen LogP) is 7.15. The molecule has 0 bridgehead atoms. The minimum Gasteiger partial charge on any atom is -0.298 e. The number of carbonyl (C=O) groups excluding carboxylic acids is 1. The first kappa shape index (κ1) is 20.4. The van der Waals surface area contributed by atoms with Crippen molar-refractivity contribution in [3.8, 4) is 0 Å². The van der Waals surface area contributed by atoms with Gasteiger partial charge in [0.2, 0.25) is 0 Å². The van der Waals surface area contributed by atoms with E-state index in [1.807, 2.05) is 25.1 Å². The number of aryl methyl sites for hydroxylation is 2. The van der Waals surface area contributed by atoms with E-state index >= 15 is 0 Å². The first-order chi connectivity index (χ1) is 14.4. The average Bonchev–Trinajstić information content (AvgIpc) is 2.93. The fourth-order valence-electron chi connectivity index (χ4n) is 4.38. The zero-order valence-electron chi connectivity index (χ0n) is 16.9. The summed E-state index contributed by atoms with van der Waals surface area (Å²) < 4.78 is 39.3. The van der Waals surface area contributed by atoms with Crippen LogP contribution in [0.1, 0.15) is 58.3 Å². The number of aldehydes is 1. The minimum absolute atomic E-state index is 0.0109. The lowest BCUT2D eigenvalue weighted by Gasteiger charge is -2.22. The summed E-state index contributed by atoms with van der Waals surface area (Å²) in [5.74, 6) is 0. The van der Waals surface area contributed by atoms with Gasteiger partial charge in [0, 0.05) is 11.1 Å². The van der Waals surface area contributed by atoms with Gasteiger partial charge in [-0.15, -0.1) is 0 Å². The second kappa shape index (κ2) is 8.10. The van der Waals surface area contributed by atoms with Crippen molar-refractivity contribution in [2.45, 2.75) is 45.2 Å². The second-order valence-electron chi connectivity index (χ2n) is 7.99. The van der Waals surface area contributed by atoms with Crippen molar-refractivity contribution in [3.05, 3.63) is 99.2 Å². The zero-order valence-corrected chi connectivity index (χ0v) is 16.9. The van der Waals surface area contributed by atoms with Crippen LogP contribution >= 0.6 is 0 Å². The Morgan fingerprint density at radius 1 is 0.900 bits per heavy atom. The van der Waals surface area contributed by atoms with Gasteiger partial charge in [0.05, 0.1) is 0 Å². The molecule has 0 unspecified atom stereocenters. The van der Waals surface area contributed by atoms with Crippen molar-refractivity contribution >= 4 is 11.9 Å². The van der Waals surface area contributed by atoms with E-state index in [1.165, 1.54) is 6.08 Å². The minimum atomic E-state index is -4.27. The van der Waals surface area contributed by atoms with Gasteiger partial charge >= 0.3 is 6.18 Å². The van der Waals surface area contributed by atoms with Crippen LogP contribution in [0.5, 0.6) is 0 Å². The number of benzene rings is 2. The van der Waals surface area contributed by atoms with Crippen LogP contribution < -0.4 is 0 Å². The topological polar surface area (TPSA) is 17.1 Å². The summed E-state index contributed by atoms with van der Waals surface area (Å²) >= 11 is 0. The lowest BCUT2D eigenvalue weighted by Crippen LogP contribution is -2.14. The first-order valence-corrected chi connectivity index (χ1v) is 10.2. The van der Waals surface area contributed by atoms with E-state index in [0.717, 1.165) is 64.5 Å². The number of carbonyl (C=O) groups is 1. The van der Waals surface area contributed by atoms with Crippen LogP contribution in [0.3, 0.4) is 0 Å². The molecule has 0 aliphatic heterocycles. The van der Waals surface area contributed by atoms with Crippen LogP contribution in [0.25, 0.3) is 5.57 Å². The summed E-state index contributed by atoms with van der Waals surface area (Å²) in [6.45, 7) is 2.03. The summed E-state index contributed by atoms with van der Waals surface area (Å²) in [5, 5.41) is 0. The van der Waals surface area contributed by atoms with E-state index in [9.17, 15) is 18.0 Å². The molecule has 4 rings (SSSR count). The third kappa shape index (κ3) is 4.04. The smallest absolute Gasteiger partial charge is 0.298 e. The highest BCUT2D eigenvalue weighted by atomic mass is 19.4. The molecular weight excluding hydrogens is 385 g/mol. The summed E-state index contributed by atoms with van der Waals surface area (Å²) in [6.07, 6.45) is 2.41. The highest BCUT2D eigenvalue weighted by molar-refractivity contribution is 5.88. The van der Waals surface area contributed by atoms with Gasteiger partial charge in [-0.2, -0.15) is 13.2 Å². The Balaban J connectivity index is 1.91. The Morgan fingerprint density at radius 3 is 2.30 bits per heavy atom. The molecule has 0 spiro atoms. The molecular formula is C26H23F3O. The Hall–Kier alpha value is -2.88. The van der Waals surface area contributed by atoms with E-state index < -0.39 is 11.7 Å². The van der Waals surface area contributed by atoms with Gasteiger partial charge in [-0.05, 0) is 78.5 Å². The standard InChI is InChI=1S/C26H23F3O/c1-17-5-8-20(9-6-17)25-23(19-10-12-22(13-11-19)26(27,28)29)4-2-3-21-15-18(16-30)7-14-24(21)25/h5-10,12,14-16H,2-4,11,13H2,1H3. The van der Waals surface area contributed by atoms with E-state index in [4.69, 9.17) is 0 Å². The molecule has 0 saturated carbocycles. The zero-order chi connectivity index (χ0) is 21.3. The van der Waals surface area contributed by atoms with Crippen molar-refractivity contribution in [1.82, 2.24) is 0 Å². The van der Waals surface area contributed by atoms with Crippen LogP contribution in [-0.2, 0) is 6.42 Å². The molecule has 0 radical (unpaired) electrons. The second-order valence-corrected chi connectivity index (χ2v) is 7.99. The molecule has 154 valence electrons. The van der Waals surface area contributed by atoms with Crippen LogP contribution in [0.2, 0.25) is 0 Å². The maximum absolute atomic E-state index is 13.1. The van der Waals surface area contributed by atoms with E-state index in [1.54, 1.807) is 6.08 Å². The Morgan fingerprint density at radius 2 is 1.67 bits per heavy atom. The fourth-order valence-corrected chi connectivity index (χ4v) is 4.38. The molecule has 0 aromatic heterocycles. The first-order valence-electron chi connectivity index (χ1n) is 10.2. The van der Waals surface area contributed by atoms with Crippen LogP contribution in [-0.4, -0.2) is 12.5 Å². The van der Waals surface area contributed by atoms with Crippen molar-refractivity contribution in [1.29, 1.82) is 0 Å². The predicted molar refractivity (Wildman–Crippen MR) is 113 cm³/mol. The van der Waals surface area contributed by atoms with E-state index in [0.29, 0.717) is 12.0 Å². The molecule has 0 fully saturated rings. The Labute approximate surface area is 174 Å². The summed E-state index contributed by atoms with van der Waals surface area (Å²) in [6, 6.07) is 14.0. The van der Waals surface area contributed by atoms with Gasteiger partial charge in [-0.25, -0.2) is 0 Å². The van der Waals surface area contributed by atoms with Gasteiger partial charge in [-0.1, -0.05) is 54.1 Å². The molecule has 1 nitrogen and oxygen atoms in total. The number of alkyl halides is 3. The molecule has 0 heterocycles. The Kier molecular flexibility index (Phi) is 5.50. The Bertz CT molecular complexity index is 1070. The largest absolute Gasteiger partial charge is 0.412 e. The molecule has 2 aromatic carbocycles. The van der Waals surface area contributed by atoms with Gasteiger partial charge in [-0.3, -0.25) is 4.79 Å². The van der Waals surface area contributed by atoms with Crippen molar-refractivity contribution in [2.24, 2.45) is 0 Å². The molecule has 4 heteroatoms. The highest BCUT2D eigenvalue weighted by Gasteiger charge is 2.34. The van der Waals surface area contributed by atoms with Crippen molar-refractivity contribution < 1.29 is 18.0 Å². The average molecular weight is 408 g/mol. The van der Waals surface area contributed by atoms with Gasteiger partial charge < -0.3 is 0 Å². The fraction of sp³-hybridized carbons (Fsp3) is 0.269.